The molecule has 0 atom stereocenters. The van der Waals surface area contributed by atoms with Gasteiger partial charge in [-0.05, 0) is 38.1 Å². The van der Waals surface area contributed by atoms with Gasteiger partial charge in [0.05, 0.1) is 16.9 Å². The minimum Gasteiger partial charge on any atom is -0.352 e. The number of fused-ring (bicyclic) bond motifs is 2. The Morgan fingerprint density at radius 1 is 0.852 bits per heavy atom. The van der Waals surface area contributed by atoms with Crippen molar-refractivity contribution in [3.63, 3.8) is 0 Å². The molecule has 0 unspecified atom stereocenters. The zero-order chi connectivity index (χ0) is 18.4. The second kappa shape index (κ2) is 6.19. The highest BCUT2D eigenvalue weighted by atomic mass is 15.4. The number of hydrogen-bond acceptors (Lipinski definition) is 6. The van der Waals surface area contributed by atoms with Crippen molar-refractivity contribution in [2.45, 2.75) is 13.8 Å². The lowest BCUT2D eigenvalue weighted by Gasteiger charge is -2.36. The van der Waals surface area contributed by atoms with Gasteiger partial charge in [0.1, 0.15) is 18.0 Å². The van der Waals surface area contributed by atoms with Crippen LogP contribution in [0.4, 0.5) is 11.6 Å². The maximum Gasteiger partial charge on any atom is 0.154 e. The Balaban J connectivity index is 1.39. The van der Waals surface area contributed by atoms with E-state index in [9.17, 15) is 0 Å². The van der Waals surface area contributed by atoms with Crippen molar-refractivity contribution < 1.29 is 0 Å². The van der Waals surface area contributed by atoms with Crippen LogP contribution in [0.25, 0.3) is 16.6 Å². The minimum atomic E-state index is 0.903. The standard InChI is InChI=1S/C20H21N7/c1-14-15(2)27-18(23-14)7-8-19(24-27)25-9-11-26(12-10-25)20-16-5-3-4-6-17(16)21-13-22-20/h3-8,13H,9-12H2,1-2H3. The van der Waals surface area contributed by atoms with E-state index >= 15 is 0 Å². The van der Waals surface area contributed by atoms with E-state index in [1.54, 1.807) is 6.33 Å². The van der Waals surface area contributed by atoms with Gasteiger partial charge >= 0.3 is 0 Å². The molecule has 5 rings (SSSR count). The first-order chi connectivity index (χ1) is 13.2. The summed E-state index contributed by atoms with van der Waals surface area (Å²) in [5, 5.41) is 5.91. The second-order valence-electron chi connectivity index (χ2n) is 6.93. The molecule has 0 radical (unpaired) electrons. The van der Waals surface area contributed by atoms with Crippen LogP contribution in [0.1, 0.15) is 11.4 Å². The molecule has 0 N–H and O–H groups in total. The summed E-state index contributed by atoms with van der Waals surface area (Å²) in [5.74, 6) is 2.01. The lowest BCUT2D eigenvalue weighted by molar-refractivity contribution is 0.637. The van der Waals surface area contributed by atoms with Crippen LogP contribution in [-0.2, 0) is 0 Å². The van der Waals surface area contributed by atoms with E-state index in [0.717, 1.165) is 65.8 Å². The Morgan fingerprint density at radius 2 is 1.63 bits per heavy atom. The van der Waals surface area contributed by atoms with Gasteiger partial charge in [-0.25, -0.2) is 19.5 Å². The van der Waals surface area contributed by atoms with Crippen LogP contribution in [0.15, 0.2) is 42.7 Å². The summed E-state index contributed by atoms with van der Waals surface area (Å²) < 4.78 is 1.94. The van der Waals surface area contributed by atoms with Gasteiger partial charge < -0.3 is 9.80 Å². The highest BCUT2D eigenvalue weighted by Crippen LogP contribution is 2.24. The molecule has 0 aliphatic carbocycles. The van der Waals surface area contributed by atoms with E-state index in [2.05, 4.69) is 43.8 Å². The zero-order valence-corrected chi connectivity index (χ0v) is 15.5. The average molecular weight is 359 g/mol. The van der Waals surface area contributed by atoms with E-state index < -0.39 is 0 Å². The molecule has 0 saturated carbocycles. The maximum absolute atomic E-state index is 4.80. The van der Waals surface area contributed by atoms with Crippen molar-refractivity contribution in [1.82, 2.24) is 24.6 Å². The van der Waals surface area contributed by atoms with E-state index in [1.807, 2.05) is 35.7 Å². The number of hydrogen-bond donors (Lipinski definition) is 0. The summed E-state index contributed by atoms with van der Waals surface area (Å²) in [6.07, 6.45) is 1.66. The summed E-state index contributed by atoms with van der Waals surface area (Å²) in [4.78, 5) is 18.1. The quantitative estimate of drug-likeness (QED) is 0.548. The van der Waals surface area contributed by atoms with Gasteiger partial charge in [-0.15, -0.1) is 5.10 Å². The smallest absolute Gasteiger partial charge is 0.154 e. The van der Waals surface area contributed by atoms with Crippen molar-refractivity contribution in [1.29, 1.82) is 0 Å². The van der Waals surface area contributed by atoms with Crippen LogP contribution in [0.3, 0.4) is 0 Å². The molecule has 3 aromatic heterocycles. The van der Waals surface area contributed by atoms with E-state index in [4.69, 9.17) is 5.10 Å². The molecule has 1 aliphatic heterocycles. The molecule has 0 amide bonds. The topological polar surface area (TPSA) is 62.5 Å². The fraction of sp³-hybridized carbons (Fsp3) is 0.300. The Labute approximate surface area is 157 Å². The largest absolute Gasteiger partial charge is 0.352 e. The fourth-order valence-corrected chi connectivity index (χ4v) is 3.70. The summed E-state index contributed by atoms with van der Waals surface area (Å²) in [5.41, 5.74) is 4.01. The third kappa shape index (κ3) is 2.66. The number of aryl methyl sites for hydroxylation is 2. The predicted molar refractivity (Wildman–Crippen MR) is 106 cm³/mol. The Morgan fingerprint density at radius 3 is 2.48 bits per heavy atom. The summed E-state index contributed by atoms with van der Waals surface area (Å²) in [6, 6.07) is 12.3. The normalized spacial score (nSPS) is 15.0. The minimum absolute atomic E-state index is 0.903. The SMILES string of the molecule is Cc1nc2ccc(N3CCN(c4ncnc5ccccc45)CC3)nn2c1C. The molecule has 4 heterocycles. The Kier molecular flexibility index (Phi) is 3.67. The van der Waals surface area contributed by atoms with Crippen molar-refractivity contribution >= 4 is 28.2 Å². The van der Waals surface area contributed by atoms with Gasteiger partial charge in [0.2, 0.25) is 0 Å². The molecule has 1 saturated heterocycles. The highest BCUT2D eigenvalue weighted by Gasteiger charge is 2.21. The number of piperazine rings is 1. The molecule has 0 spiro atoms. The van der Waals surface area contributed by atoms with Gasteiger partial charge in [0.25, 0.3) is 0 Å². The maximum atomic E-state index is 4.80. The first kappa shape index (κ1) is 16.0. The monoisotopic (exact) mass is 359 g/mol. The molecular weight excluding hydrogens is 338 g/mol. The first-order valence-electron chi connectivity index (χ1n) is 9.23. The van der Waals surface area contributed by atoms with Gasteiger partial charge in [-0.3, -0.25) is 0 Å². The highest BCUT2D eigenvalue weighted by molar-refractivity contribution is 5.89. The molecular formula is C20H21N7. The van der Waals surface area contributed by atoms with Crippen molar-refractivity contribution in [3.8, 4) is 0 Å². The average Bonchev–Trinajstić information content (AvgIpc) is 3.01. The van der Waals surface area contributed by atoms with Gasteiger partial charge in [0, 0.05) is 31.6 Å². The van der Waals surface area contributed by atoms with Crippen molar-refractivity contribution in [3.05, 3.63) is 54.1 Å². The number of aromatic nitrogens is 5. The van der Waals surface area contributed by atoms with Crippen LogP contribution in [0, 0.1) is 13.8 Å². The lowest BCUT2D eigenvalue weighted by Crippen LogP contribution is -2.47. The molecule has 1 fully saturated rings. The first-order valence-corrected chi connectivity index (χ1v) is 9.23. The number of nitrogens with zero attached hydrogens (tertiary/aromatic N) is 7. The van der Waals surface area contributed by atoms with Gasteiger partial charge in [-0.1, -0.05) is 12.1 Å². The fourth-order valence-electron chi connectivity index (χ4n) is 3.70. The van der Waals surface area contributed by atoms with Crippen molar-refractivity contribution in [2.75, 3.05) is 36.0 Å². The third-order valence-electron chi connectivity index (χ3n) is 5.35. The van der Waals surface area contributed by atoms with E-state index in [-0.39, 0.29) is 0 Å². The van der Waals surface area contributed by atoms with Crippen molar-refractivity contribution in [2.24, 2.45) is 0 Å². The number of anilines is 2. The number of rotatable bonds is 2. The summed E-state index contributed by atoms with van der Waals surface area (Å²) >= 11 is 0. The second-order valence-corrected chi connectivity index (χ2v) is 6.93. The van der Waals surface area contributed by atoms with E-state index in [1.165, 1.54) is 0 Å². The zero-order valence-electron chi connectivity index (χ0n) is 15.5. The Hall–Kier alpha value is -3.22. The molecule has 7 nitrogen and oxygen atoms in total. The molecule has 7 heteroatoms. The van der Waals surface area contributed by atoms with Crippen LogP contribution in [0.5, 0.6) is 0 Å². The summed E-state index contributed by atoms with van der Waals surface area (Å²) in [6.45, 7) is 7.71. The summed E-state index contributed by atoms with van der Waals surface area (Å²) in [7, 11) is 0. The number of para-hydroxylation sites is 1. The van der Waals surface area contributed by atoms with Gasteiger partial charge in [0.15, 0.2) is 5.65 Å². The molecule has 1 aliphatic rings. The number of imidazole rings is 1. The molecule has 27 heavy (non-hydrogen) atoms. The number of benzene rings is 1. The van der Waals surface area contributed by atoms with Crippen LogP contribution < -0.4 is 9.80 Å². The molecule has 136 valence electrons. The van der Waals surface area contributed by atoms with Crippen LogP contribution >= 0.6 is 0 Å². The molecule has 4 aromatic rings. The molecule has 0 bridgehead atoms. The van der Waals surface area contributed by atoms with Gasteiger partial charge in [-0.2, -0.15) is 0 Å². The van der Waals surface area contributed by atoms with Crippen LogP contribution in [-0.4, -0.2) is 50.7 Å². The lowest BCUT2D eigenvalue weighted by atomic mass is 10.2. The predicted octanol–water partition coefficient (Wildman–Crippen LogP) is 2.62. The van der Waals surface area contributed by atoms with E-state index in [0.29, 0.717) is 0 Å². The third-order valence-corrected chi connectivity index (χ3v) is 5.35. The van der Waals surface area contributed by atoms with Crippen LogP contribution in [0.2, 0.25) is 0 Å². The Bertz CT molecular complexity index is 1120. The molecule has 1 aromatic carbocycles.